The highest BCUT2D eigenvalue weighted by atomic mass is 16.5. The van der Waals surface area contributed by atoms with Crippen molar-refractivity contribution in [3.05, 3.63) is 53.1 Å². The average Bonchev–Trinajstić information content (AvgIpc) is 2.53. The molecular weight excluding hydrogens is 264 g/mol. The molecule has 110 valence electrons. The Kier molecular flexibility index (Phi) is 4.88. The SMILES string of the molecule is COc1cc(/C=C/c2ccc(C)cc2)cc(OC)c1OC. The normalized spacial score (nSPS) is 10.7. The molecule has 3 heteroatoms. The Morgan fingerprint density at radius 3 is 1.71 bits per heavy atom. The predicted molar refractivity (Wildman–Crippen MR) is 86.2 cm³/mol. The number of hydrogen-bond acceptors (Lipinski definition) is 3. The van der Waals surface area contributed by atoms with Crippen LogP contribution in [0.3, 0.4) is 0 Å². The van der Waals surface area contributed by atoms with Gasteiger partial charge in [0.15, 0.2) is 11.5 Å². The molecule has 0 aliphatic carbocycles. The Hall–Kier alpha value is -2.42. The van der Waals surface area contributed by atoms with Gasteiger partial charge in [0, 0.05) is 0 Å². The molecule has 0 amide bonds. The lowest BCUT2D eigenvalue weighted by molar-refractivity contribution is 0.324. The van der Waals surface area contributed by atoms with Crippen molar-refractivity contribution in [3.63, 3.8) is 0 Å². The molecule has 0 saturated carbocycles. The van der Waals surface area contributed by atoms with E-state index in [0.717, 1.165) is 11.1 Å². The fourth-order valence-electron chi connectivity index (χ4n) is 2.07. The molecule has 0 aliphatic rings. The van der Waals surface area contributed by atoms with Gasteiger partial charge in [-0.1, -0.05) is 42.0 Å². The van der Waals surface area contributed by atoms with Crippen LogP contribution in [0.15, 0.2) is 36.4 Å². The van der Waals surface area contributed by atoms with Crippen molar-refractivity contribution in [1.29, 1.82) is 0 Å². The van der Waals surface area contributed by atoms with Crippen molar-refractivity contribution in [1.82, 2.24) is 0 Å². The van der Waals surface area contributed by atoms with E-state index >= 15 is 0 Å². The zero-order valence-electron chi connectivity index (χ0n) is 12.8. The molecular formula is C18H20O3. The van der Waals surface area contributed by atoms with Crippen LogP contribution in [0.1, 0.15) is 16.7 Å². The zero-order chi connectivity index (χ0) is 15.2. The largest absolute Gasteiger partial charge is 0.493 e. The van der Waals surface area contributed by atoms with Crippen molar-refractivity contribution >= 4 is 12.2 Å². The van der Waals surface area contributed by atoms with Crippen LogP contribution in [0, 0.1) is 6.92 Å². The maximum atomic E-state index is 5.35. The summed E-state index contributed by atoms with van der Waals surface area (Å²) in [6.45, 7) is 2.08. The van der Waals surface area contributed by atoms with Crippen LogP contribution in [-0.4, -0.2) is 21.3 Å². The highest BCUT2D eigenvalue weighted by Gasteiger charge is 2.11. The first-order chi connectivity index (χ1) is 10.2. The topological polar surface area (TPSA) is 27.7 Å². The molecule has 0 radical (unpaired) electrons. The molecule has 0 fully saturated rings. The van der Waals surface area contributed by atoms with E-state index in [1.54, 1.807) is 21.3 Å². The number of methoxy groups -OCH3 is 3. The van der Waals surface area contributed by atoms with E-state index in [0.29, 0.717) is 17.2 Å². The molecule has 2 rings (SSSR count). The van der Waals surface area contributed by atoms with E-state index in [4.69, 9.17) is 14.2 Å². The fourth-order valence-corrected chi connectivity index (χ4v) is 2.07. The number of hydrogen-bond donors (Lipinski definition) is 0. The van der Waals surface area contributed by atoms with Gasteiger partial charge in [-0.25, -0.2) is 0 Å². The molecule has 2 aromatic rings. The first-order valence-electron chi connectivity index (χ1n) is 6.72. The summed E-state index contributed by atoms with van der Waals surface area (Å²) in [5.74, 6) is 1.91. The van der Waals surface area contributed by atoms with Crippen LogP contribution in [0.4, 0.5) is 0 Å². The Morgan fingerprint density at radius 2 is 1.24 bits per heavy atom. The van der Waals surface area contributed by atoms with Gasteiger partial charge >= 0.3 is 0 Å². The van der Waals surface area contributed by atoms with E-state index < -0.39 is 0 Å². The second-order valence-electron chi connectivity index (χ2n) is 4.70. The molecule has 0 aromatic heterocycles. The summed E-state index contributed by atoms with van der Waals surface area (Å²) in [4.78, 5) is 0. The van der Waals surface area contributed by atoms with Crippen LogP contribution in [0.25, 0.3) is 12.2 Å². The quantitative estimate of drug-likeness (QED) is 0.770. The second-order valence-corrected chi connectivity index (χ2v) is 4.70. The van der Waals surface area contributed by atoms with Crippen molar-refractivity contribution in [2.45, 2.75) is 6.92 Å². The van der Waals surface area contributed by atoms with Gasteiger partial charge in [0.2, 0.25) is 5.75 Å². The maximum Gasteiger partial charge on any atom is 0.203 e. The lowest BCUT2D eigenvalue weighted by Gasteiger charge is -2.12. The van der Waals surface area contributed by atoms with E-state index in [1.807, 2.05) is 18.2 Å². The molecule has 0 aliphatic heterocycles. The highest BCUT2D eigenvalue weighted by molar-refractivity contribution is 5.72. The van der Waals surface area contributed by atoms with Crippen molar-refractivity contribution in [2.24, 2.45) is 0 Å². The third kappa shape index (κ3) is 3.57. The molecule has 0 atom stereocenters. The highest BCUT2D eigenvalue weighted by Crippen LogP contribution is 2.38. The Balaban J connectivity index is 2.33. The predicted octanol–water partition coefficient (Wildman–Crippen LogP) is 4.19. The van der Waals surface area contributed by atoms with Gasteiger partial charge in [-0.15, -0.1) is 0 Å². The molecule has 0 spiro atoms. The summed E-state index contributed by atoms with van der Waals surface area (Å²) >= 11 is 0. The van der Waals surface area contributed by atoms with Crippen LogP contribution >= 0.6 is 0 Å². The Bertz CT molecular complexity index is 602. The van der Waals surface area contributed by atoms with Gasteiger partial charge in [-0.3, -0.25) is 0 Å². The molecule has 0 unspecified atom stereocenters. The molecule has 21 heavy (non-hydrogen) atoms. The van der Waals surface area contributed by atoms with E-state index in [1.165, 1.54) is 5.56 Å². The number of ether oxygens (including phenoxy) is 3. The van der Waals surface area contributed by atoms with Crippen molar-refractivity contribution < 1.29 is 14.2 Å². The van der Waals surface area contributed by atoms with Gasteiger partial charge in [-0.05, 0) is 30.2 Å². The summed E-state index contributed by atoms with van der Waals surface area (Å²) in [5, 5.41) is 0. The minimum atomic E-state index is 0.604. The average molecular weight is 284 g/mol. The molecule has 3 nitrogen and oxygen atoms in total. The summed E-state index contributed by atoms with van der Waals surface area (Å²) in [6, 6.07) is 12.2. The molecule has 0 bridgehead atoms. The first-order valence-corrected chi connectivity index (χ1v) is 6.72. The Morgan fingerprint density at radius 1 is 0.714 bits per heavy atom. The van der Waals surface area contributed by atoms with Gasteiger partial charge in [0.1, 0.15) is 0 Å². The van der Waals surface area contributed by atoms with Gasteiger partial charge in [-0.2, -0.15) is 0 Å². The smallest absolute Gasteiger partial charge is 0.203 e. The maximum absolute atomic E-state index is 5.35. The lowest BCUT2D eigenvalue weighted by atomic mass is 10.1. The standard InChI is InChI=1S/C18H20O3/c1-13-5-7-14(8-6-13)9-10-15-11-16(19-2)18(21-4)17(12-15)20-3/h5-12H,1-4H3/b10-9+. The molecule has 0 N–H and O–H groups in total. The van der Waals surface area contributed by atoms with E-state index in [9.17, 15) is 0 Å². The van der Waals surface area contributed by atoms with E-state index in [2.05, 4.69) is 37.3 Å². The third-order valence-electron chi connectivity index (χ3n) is 3.23. The third-order valence-corrected chi connectivity index (χ3v) is 3.23. The van der Waals surface area contributed by atoms with Crippen LogP contribution in [0.5, 0.6) is 17.2 Å². The Labute approximate surface area is 125 Å². The minimum Gasteiger partial charge on any atom is -0.493 e. The first kappa shape index (κ1) is 15.0. The van der Waals surface area contributed by atoms with Crippen molar-refractivity contribution in [3.8, 4) is 17.2 Å². The van der Waals surface area contributed by atoms with Crippen LogP contribution in [-0.2, 0) is 0 Å². The fraction of sp³-hybridized carbons (Fsp3) is 0.222. The summed E-state index contributed by atoms with van der Waals surface area (Å²) in [6.07, 6.45) is 4.08. The summed E-state index contributed by atoms with van der Waals surface area (Å²) < 4.78 is 16.0. The lowest BCUT2D eigenvalue weighted by Crippen LogP contribution is -1.95. The van der Waals surface area contributed by atoms with Gasteiger partial charge in [0.05, 0.1) is 21.3 Å². The molecule has 0 saturated heterocycles. The minimum absolute atomic E-state index is 0.604. The van der Waals surface area contributed by atoms with Crippen LogP contribution in [0.2, 0.25) is 0 Å². The van der Waals surface area contributed by atoms with Crippen LogP contribution < -0.4 is 14.2 Å². The molecule has 0 heterocycles. The number of aryl methyl sites for hydroxylation is 1. The second kappa shape index (κ2) is 6.84. The van der Waals surface area contributed by atoms with Gasteiger partial charge < -0.3 is 14.2 Å². The monoisotopic (exact) mass is 284 g/mol. The number of rotatable bonds is 5. The van der Waals surface area contributed by atoms with Gasteiger partial charge in [0.25, 0.3) is 0 Å². The zero-order valence-corrected chi connectivity index (χ0v) is 12.8. The molecule has 2 aromatic carbocycles. The summed E-state index contributed by atoms with van der Waals surface area (Å²) in [7, 11) is 4.83. The number of benzene rings is 2. The summed E-state index contributed by atoms with van der Waals surface area (Å²) in [5.41, 5.74) is 3.39. The van der Waals surface area contributed by atoms with Crippen molar-refractivity contribution in [2.75, 3.05) is 21.3 Å². The van der Waals surface area contributed by atoms with E-state index in [-0.39, 0.29) is 0 Å².